The SMILES string of the molecule is CCON1C(C)(C)CC2(CC1(C)C)OC1(CCCCCCCCCCC1)NC2=O. The van der Waals surface area contributed by atoms with Crippen LogP contribution in [0.1, 0.15) is 118 Å². The highest BCUT2D eigenvalue weighted by molar-refractivity contribution is 5.88. The number of carbonyl (C=O) groups is 1. The van der Waals surface area contributed by atoms with Crippen LogP contribution in [0.15, 0.2) is 0 Å². The Morgan fingerprint density at radius 1 is 0.862 bits per heavy atom. The Kier molecular flexibility index (Phi) is 7.02. The quantitative estimate of drug-likeness (QED) is 0.657. The Bertz CT molecular complexity index is 542. The third kappa shape index (κ3) is 4.99. The van der Waals surface area contributed by atoms with E-state index in [2.05, 4.69) is 38.1 Å². The minimum Gasteiger partial charge on any atom is -0.339 e. The second-order valence-corrected chi connectivity index (χ2v) is 10.9. The number of amides is 1. The van der Waals surface area contributed by atoms with Gasteiger partial charge in [0.2, 0.25) is 0 Å². The number of carbonyl (C=O) groups excluding carboxylic acids is 1. The first-order valence-corrected chi connectivity index (χ1v) is 12.1. The van der Waals surface area contributed by atoms with Crippen molar-refractivity contribution in [2.75, 3.05) is 6.61 Å². The number of piperidine rings is 1. The van der Waals surface area contributed by atoms with Crippen molar-refractivity contribution in [2.45, 2.75) is 140 Å². The third-order valence-electron chi connectivity index (χ3n) is 7.10. The van der Waals surface area contributed by atoms with Gasteiger partial charge in [0.15, 0.2) is 5.60 Å². The molecule has 3 rings (SSSR count). The summed E-state index contributed by atoms with van der Waals surface area (Å²) in [6.45, 7) is 11.4. The van der Waals surface area contributed by atoms with E-state index in [-0.39, 0.29) is 17.0 Å². The number of hydroxylamine groups is 2. The minimum absolute atomic E-state index is 0.0990. The average molecular weight is 409 g/mol. The lowest BCUT2D eigenvalue weighted by Gasteiger charge is -2.56. The summed E-state index contributed by atoms with van der Waals surface area (Å²) in [6.07, 6.45) is 14.6. The van der Waals surface area contributed by atoms with E-state index in [1.807, 2.05) is 6.92 Å². The molecule has 2 saturated heterocycles. The zero-order chi connectivity index (χ0) is 21.2. The van der Waals surface area contributed by atoms with Gasteiger partial charge in [-0.25, -0.2) is 0 Å². The summed E-state index contributed by atoms with van der Waals surface area (Å²) < 4.78 is 6.89. The van der Waals surface area contributed by atoms with Gasteiger partial charge in [-0.2, -0.15) is 5.06 Å². The van der Waals surface area contributed by atoms with Crippen LogP contribution in [0.2, 0.25) is 0 Å². The van der Waals surface area contributed by atoms with Crippen molar-refractivity contribution >= 4 is 5.91 Å². The molecule has 29 heavy (non-hydrogen) atoms. The van der Waals surface area contributed by atoms with E-state index in [0.29, 0.717) is 19.4 Å². The van der Waals surface area contributed by atoms with E-state index in [0.717, 1.165) is 25.7 Å². The van der Waals surface area contributed by atoms with Crippen molar-refractivity contribution < 1.29 is 14.4 Å². The second kappa shape index (κ2) is 8.84. The molecule has 0 aromatic rings. The topological polar surface area (TPSA) is 50.8 Å². The Morgan fingerprint density at radius 2 is 1.31 bits per heavy atom. The molecule has 2 heterocycles. The van der Waals surface area contributed by atoms with Crippen LogP contribution in [-0.2, 0) is 14.4 Å². The predicted octanol–water partition coefficient (Wildman–Crippen LogP) is 5.48. The summed E-state index contributed by atoms with van der Waals surface area (Å²) in [5, 5.41) is 5.49. The molecule has 0 bridgehead atoms. The van der Waals surface area contributed by atoms with Crippen molar-refractivity contribution in [1.29, 1.82) is 0 Å². The van der Waals surface area contributed by atoms with E-state index >= 15 is 0 Å². The molecule has 0 unspecified atom stereocenters. The maximum absolute atomic E-state index is 13.4. The van der Waals surface area contributed by atoms with Crippen LogP contribution in [0.3, 0.4) is 0 Å². The fraction of sp³-hybridized carbons (Fsp3) is 0.958. The summed E-state index contributed by atoms with van der Waals surface area (Å²) in [5.74, 6) is 0.0990. The molecule has 5 nitrogen and oxygen atoms in total. The molecule has 1 saturated carbocycles. The van der Waals surface area contributed by atoms with Gasteiger partial charge < -0.3 is 10.1 Å². The molecule has 2 spiro atoms. The number of hydrogen-bond acceptors (Lipinski definition) is 4. The molecule has 168 valence electrons. The number of nitrogens with one attached hydrogen (secondary N) is 1. The van der Waals surface area contributed by atoms with Gasteiger partial charge in [0.1, 0.15) is 5.72 Å². The van der Waals surface area contributed by atoms with E-state index in [1.54, 1.807) is 0 Å². The van der Waals surface area contributed by atoms with E-state index < -0.39 is 11.3 Å². The molecule has 3 aliphatic rings. The normalized spacial score (nSPS) is 29.9. The van der Waals surface area contributed by atoms with E-state index in [9.17, 15) is 4.79 Å². The first-order valence-electron chi connectivity index (χ1n) is 12.1. The maximum Gasteiger partial charge on any atom is 0.254 e. The first kappa shape index (κ1) is 23.0. The number of nitrogens with zero attached hydrogens (tertiary/aromatic N) is 1. The third-order valence-corrected chi connectivity index (χ3v) is 7.10. The van der Waals surface area contributed by atoms with Crippen LogP contribution in [0, 0.1) is 0 Å². The van der Waals surface area contributed by atoms with Crippen molar-refractivity contribution in [3.05, 3.63) is 0 Å². The number of hydrogen-bond donors (Lipinski definition) is 1. The van der Waals surface area contributed by atoms with Crippen molar-refractivity contribution in [2.24, 2.45) is 0 Å². The number of ether oxygens (including phenoxy) is 1. The molecule has 3 fully saturated rings. The molecule has 1 aliphatic carbocycles. The van der Waals surface area contributed by atoms with Crippen LogP contribution >= 0.6 is 0 Å². The van der Waals surface area contributed by atoms with Crippen LogP contribution in [0.5, 0.6) is 0 Å². The molecular weight excluding hydrogens is 364 g/mol. The molecule has 0 aromatic heterocycles. The summed E-state index contributed by atoms with van der Waals surface area (Å²) in [6, 6.07) is 0. The summed E-state index contributed by atoms with van der Waals surface area (Å²) >= 11 is 0. The lowest BCUT2D eigenvalue weighted by molar-refractivity contribution is -0.307. The Labute approximate surface area is 178 Å². The molecule has 1 amide bonds. The Morgan fingerprint density at radius 3 is 1.76 bits per heavy atom. The lowest BCUT2D eigenvalue weighted by Crippen LogP contribution is -2.67. The summed E-state index contributed by atoms with van der Waals surface area (Å²) in [4.78, 5) is 19.5. The van der Waals surface area contributed by atoms with Crippen molar-refractivity contribution in [1.82, 2.24) is 10.4 Å². The average Bonchev–Trinajstić information content (AvgIpc) is 2.85. The van der Waals surface area contributed by atoms with Crippen molar-refractivity contribution in [3.63, 3.8) is 0 Å². The lowest BCUT2D eigenvalue weighted by atomic mass is 9.72. The zero-order valence-corrected chi connectivity index (χ0v) is 19.6. The highest BCUT2D eigenvalue weighted by Gasteiger charge is 2.63. The maximum atomic E-state index is 13.4. The van der Waals surface area contributed by atoms with Gasteiger partial charge in [0, 0.05) is 23.9 Å². The minimum atomic E-state index is -0.752. The van der Waals surface area contributed by atoms with Crippen LogP contribution in [-0.4, -0.2) is 40.0 Å². The summed E-state index contributed by atoms with van der Waals surface area (Å²) in [5.41, 5.74) is -1.77. The van der Waals surface area contributed by atoms with E-state index in [1.165, 1.54) is 44.9 Å². The first-order chi connectivity index (χ1) is 13.6. The van der Waals surface area contributed by atoms with Gasteiger partial charge in [-0.05, 0) is 60.3 Å². The largest absolute Gasteiger partial charge is 0.339 e. The van der Waals surface area contributed by atoms with Gasteiger partial charge in [0.25, 0.3) is 5.91 Å². The summed E-state index contributed by atoms with van der Waals surface area (Å²) in [7, 11) is 0. The molecule has 0 aromatic carbocycles. The van der Waals surface area contributed by atoms with Crippen LogP contribution in [0.4, 0.5) is 0 Å². The highest BCUT2D eigenvalue weighted by atomic mass is 16.7. The van der Waals surface area contributed by atoms with Gasteiger partial charge in [-0.3, -0.25) is 9.63 Å². The Balaban J connectivity index is 1.81. The van der Waals surface area contributed by atoms with Crippen LogP contribution in [0.25, 0.3) is 0 Å². The zero-order valence-electron chi connectivity index (χ0n) is 19.6. The second-order valence-electron chi connectivity index (χ2n) is 10.9. The molecule has 1 N–H and O–H groups in total. The van der Waals surface area contributed by atoms with Gasteiger partial charge in [-0.1, -0.05) is 44.9 Å². The predicted molar refractivity (Wildman–Crippen MR) is 116 cm³/mol. The fourth-order valence-electron chi connectivity index (χ4n) is 6.31. The monoisotopic (exact) mass is 408 g/mol. The van der Waals surface area contributed by atoms with Crippen LogP contribution < -0.4 is 5.32 Å². The van der Waals surface area contributed by atoms with Crippen molar-refractivity contribution in [3.8, 4) is 0 Å². The smallest absolute Gasteiger partial charge is 0.254 e. The van der Waals surface area contributed by atoms with Gasteiger partial charge >= 0.3 is 0 Å². The van der Waals surface area contributed by atoms with E-state index in [4.69, 9.17) is 9.57 Å². The Hall–Kier alpha value is -0.650. The fourth-order valence-corrected chi connectivity index (χ4v) is 6.31. The molecule has 0 radical (unpaired) electrons. The van der Waals surface area contributed by atoms with Gasteiger partial charge in [-0.15, -0.1) is 0 Å². The van der Waals surface area contributed by atoms with Gasteiger partial charge in [0.05, 0.1) is 6.61 Å². The molecule has 2 aliphatic heterocycles. The molecular formula is C24H44N2O3. The number of rotatable bonds is 2. The molecule has 0 atom stereocenters. The highest BCUT2D eigenvalue weighted by Crippen LogP contribution is 2.50. The molecule has 5 heteroatoms. The standard InChI is InChI=1S/C24H44N2O3/c1-6-28-26-21(2,3)18-23(19-22(26,4)5)20(27)25-24(29-23)16-14-12-10-8-7-9-11-13-15-17-24/h6-19H2,1-5H3,(H,25,27).